The molecule has 5 N–H and O–H groups in total. The summed E-state index contributed by atoms with van der Waals surface area (Å²) in [6.07, 6.45) is 6.38. The third kappa shape index (κ3) is 7.95. The summed E-state index contributed by atoms with van der Waals surface area (Å²) in [5, 5.41) is 16.2. The third-order valence-corrected chi connectivity index (χ3v) is 11.5. The van der Waals surface area contributed by atoms with Crippen molar-refractivity contribution < 1.29 is 23.9 Å². The van der Waals surface area contributed by atoms with Crippen molar-refractivity contribution in [3.8, 4) is 0 Å². The van der Waals surface area contributed by atoms with Crippen molar-refractivity contribution in [1.29, 1.82) is 0 Å². The highest BCUT2D eigenvalue weighted by molar-refractivity contribution is 6.48. The first-order chi connectivity index (χ1) is 21.0. The van der Waals surface area contributed by atoms with Gasteiger partial charge in [0.1, 0.15) is 6.04 Å². The molecule has 0 radical (unpaired) electrons. The average molecular weight is 633 g/mol. The quantitative estimate of drug-likeness (QED) is 0.0593. The number of hydrazine groups is 1. The molecule has 13 heteroatoms. The summed E-state index contributed by atoms with van der Waals surface area (Å²) in [4.78, 5) is 42.5. The van der Waals surface area contributed by atoms with E-state index in [1.165, 1.54) is 0 Å². The van der Waals surface area contributed by atoms with Crippen molar-refractivity contribution in [3.05, 3.63) is 10.1 Å². The molecular weight excluding hydrogens is 575 g/mol. The highest BCUT2D eigenvalue weighted by Gasteiger charge is 2.68. The van der Waals surface area contributed by atoms with Gasteiger partial charge >= 0.3 is 7.12 Å². The molecule has 12 nitrogen and oxygen atoms in total. The van der Waals surface area contributed by atoms with Crippen molar-refractivity contribution in [1.82, 2.24) is 16.1 Å². The van der Waals surface area contributed by atoms with Gasteiger partial charge in [0.2, 0.25) is 11.8 Å². The molecule has 0 aromatic rings. The summed E-state index contributed by atoms with van der Waals surface area (Å²) >= 11 is 0. The molecule has 2 amide bonds. The van der Waals surface area contributed by atoms with Gasteiger partial charge in [0.15, 0.2) is 5.03 Å². The fourth-order valence-electron chi connectivity index (χ4n) is 8.78. The summed E-state index contributed by atoms with van der Waals surface area (Å²) in [7, 11) is -0.569. The standard InChI is InChI=1S/C32H57BN6O6/c1-18(2)14-27(33-44-26-17-21-16-25(31(21,6)7)32(26,8)45-33)37-29(41)24(10-9-13-35-30(34)38-39(42)43)36-28(40)23-15-20(5)11-12-22(23)19(3)4/h18-27H,9-17H2,1-8H3,(H,36,40)(H,37,41)(H3,34,35,38)/t20-,21+,22+,23-,24-,25+,26+,27-,32-/m0/s1. The lowest BCUT2D eigenvalue weighted by Gasteiger charge is -2.64. The van der Waals surface area contributed by atoms with Crippen LogP contribution >= 0.6 is 0 Å². The van der Waals surface area contributed by atoms with Crippen LogP contribution in [0.25, 0.3) is 0 Å². The number of amides is 2. The van der Waals surface area contributed by atoms with Gasteiger partial charge in [-0.3, -0.25) is 9.59 Å². The molecule has 5 fully saturated rings. The van der Waals surface area contributed by atoms with Crippen molar-refractivity contribution in [3.63, 3.8) is 0 Å². The monoisotopic (exact) mass is 632 g/mol. The number of hydrogen-bond acceptors (Lipinski definition) is 7. The van der Waals surface area contributed by atoms with Crippen LogP contribution in [-0.2, 0) is 18.9 Å². The lowest BCUT2D eigenvalue weighted by atomic mass is 9.43. The zero-order valence-electron chi connectivity index (χ0n) is 28.6. The summed E-state index contributed by atoms with van der Waals surface area (Å²) in [6.45, 7) is 17.7. The predicted molar refractivity (Wildman–Crippen MR) is 174 cm³/mol. The van der Waals surface area contributed by atoms with Gasteiger partial charge in [0.05, 0.1) is 17.6 Å². The van der Waals surface area contributed by atoms with Crippen molar-refractivity contribution >= 4 is 24.9 Å². The second-order valence-corrected chi connectivity index (χ2v) is 15.9. The Morgan fingerprint density at radius 1 is 1.11 bits per heavy atom. The maximum Gasteiger partial charge on any atom is 0.481 e. The van der Waals surface area contributed by atoms with Gasteiger partial charge in [-0.25, -0.2) is 15.1 Å². The fourth-order valence-corrected chi connectivity index (χ4v) is 8.78. The molecule has 1 saturated heterocycles. The van der Waals surface area contributed by atoms with E-state index >= 15 is 0 Å². The zero-order valence-corrected chi connectivity index (χ0v) is 28.6. The van der Waals surface area contributed by atoms with Gasteiger partial charge in [0.25, 0.3) is 5.96 Å². The topological polar surface area (TPSA) is 170 Å². The Bertz CT molecular complexity index is 1120. The molecule has 2 bridgehead atoms. The maximum atomic E-state index is 14.0. The number of nitrogens with one attached hydrogen (secondary N) is 3. The van der Waals surface area contributed by atoms with Gasteiger partial charge in [-0.15, -0.1) is 0 Å². The molecule has 1 heterocycles. The second-order valence-electron chi connectivity index (χ2n) is 15.9. The van der Waals surface area contributed by atoms with E-state index in [9.17, 15) is 19.7 Å². The van der Waals surface area contributed by atoms with Crippen LogP contribution in [-0.4, -0.2) is 60.2 Å². The van der Waals surface area contributed by atoms with E-state index in [1.54, 1.807) is 0 Å². The maximum absolute atomic E-state index is 14.0. The van der Waals surface area contributed by atoms with Crippen LogP contribution in [0.15, 0.2) is 4.99 Å². The zero-order chi connectivity index (χ0) is 33.3. The molecule has 0 unspecified atom stereocenters. The van der Waals surface area contributed by atoms with Gasteiger partial charge in [-0.1, -0.05) is 60.3 Å². The molecule has 45 heavy (non-hydrogen) atoms. The normalized spacial score (nSPS) is 33.6. The number of nitrogens with zero attached hydrogens (tertiary/aromatic N) is 2. The van der Waals surface area contributed by atoms with Gasteiger partial charge < -0.3 is 25.7 Å². The number of hydrogen-bond donors (Lipinski definition) is 4. The van der Waals surface area contributed by atoms with Crippen LogP contribution in [0, 0.1) is 57.0 Å². The minimum Gasteiger partial charge on any atom is -0.404 e. The Morgan fingerprint density at radius 3 is 2.44 bits per heavy atom. The Kier molecular flexibility index (Phi) is 11.1. The van der Waals surface area contributed by atoms with E-state index in [0.717, 1.165) is 32.1 Å². The Balaban J connectivity index is 1.49. The first-order valence-electron chi connectivity index (χ1n) is 17.2. The van der Waals surface area contributed by atoms with Crippen LogP contribution in [0.1, 0.15) is 107 Å². The largest absolute Gasteiger partial charge is 0.481 e. The Labute approximate surface area is 269 Å². The number of nitrogens with two attached hydrogens (primary N) is 1. The van der Waals surface area contributed by atoms with Crippen LogP contribution in [0.5, 0.6) is 0 Å². The van der Waals surface area contributed by atoms with E-state index in [-0.39, 0.29) is 59.5 Å². The molecule has 5 rings (SSSR count). The van der Waals surface area contributed by atoms with Gasteiger partial charge in [-0.05, 0) is 92.8 Å². The van der Waals surface area contributed by atoms with Crippen molar-refractivity contribution in [2.24, 2.45) is 57.6 Å². The molecule has 0 aromatic carbocycles. The summed E-state index contributed by atoms with van der Waals surface area (Å²) in [6, 6.07) is -0.803. The average Bonchev–Trinajstić information content (AvgIpc) is 3.30. The van der Waals surface area contributed by atoms with Gasteiger partial charge in [-0.2, -0.15) is 0 Å². The van der Waals surface area contributed by atoms with E-state index in [2.05, 4.69) is 71.0 Å². The van der Waals surface area contributed by atoms with Crippen molar-refractivity contribution in [2.45, 2.75) is 130 Å². The second kappa shape index (κ2) is 14.2. The van der Waals surface area contributed by atoms with E-state index in [0.29, 0.717) is 42.9 Å². The molecule has 5 aliphatic rings. The lowest BCUT2D eigenvalue weighted by molar-refractivity contribution is -0.525. The highest BCUT2D eigenvalue weighted by Crippen LogP contribution is 2.65. The van der Waals surface area contributed by atoms with Crippen LogP contribution in [0.4, 0.5) is 0 Å². The Morgan fingerprint density at radius 2 is 1.82 bits per heavy atom. The minimum atomic E-state index is -0.803. The molecule has 9 atom stereocenters. The molecule has 0 spiro atoms. The number of carbonyl (C=O) groups excluding carboxylic acids is 2. The lowest BCUT2D eigenvalue weighted by Crippen LogP contribution is -2.65. The third-order valence-electron chi connectivity index (χ3n) is 11.5. The molecule has 1 aliphatic heterocycles. The highest BCUT2D eigenvalue weighted by atomic mass is 16.7. The van der Waals surface area contributed by atoms with Crippen LogP contribution < -0.4 is 21.8 Å². The van der Waals surface area contributed by atoms with Gasteiger partial charge in [0, 0.05) is 12.5 Å². The molecule has 254 valence electrons. The van der Waals surface area contributed by atoms with E-state index in [1.807, 2.05) is 5.43 Å². The number of carbonyl (C=O) groups is 2. The number of guanidine groups is 1. The predicted octanol–water partition coefficient (Wildman–Crippen LogP) is 3.85. The number of aliphatic imine (C=N–C) groups is 1. The molecule has 4 saturated carbocycles. The van der Waals surface area contributed by atoms with E-state index in [4.69, 9.17) is 15.0 Å². The molecule has 0 aromatic heterocycles. The Hall–Kier alpha value is -2.41. The molecular formula is C32H57BN6O6. The van der Waals surface area contributed by atoms with E-state index < -0.39 is 23.8 Å². The summed E-state index contributed by atoms with van der Waals surface area (Å²) < 4.78 is 13.3. The first-order valence-corrected chi connectivity index (χ1v) is 17.2. The number of rotatable bonds is 13. The van der Waals surface area contributed by atoms with Crippen LogP contribution in [0.3, 0.4) is 0 Å². The van der Waals surface area contributed by atoms with Crippen molar-refractivity contribution in [2.75, 3.05) is 6.54 Å². The smallest absolute Gasteiger partial charge is 0.404 e. The first kappa shape index (κ1) is 35.4. The summed E-state index contributed by atoms with van der Waals surface area (Å²) in [5.41, 5.74) is 7.23. The fraction of sp³-hybridized carbons (Fsp3) is 0.906. The molecule has 4 aliphatic carbocycles. The number of nitro groups is 1. The van der Waals surface area contributed by atoms with Crippen LogP contribution in [0.2, 0.25) is 0 Å². The minimum absolute atomic E-state index is 0.00121. The SMILES string of the molecule is CC(C)C[C@H](NC(=O)[C@H](CCCN=C(N)N[N+](=O)[O-])NC(=O)[C@H]1C[C@@H](C)CC[C@@H]1C(C)C)B1O[C@@H]2C[C@H]3C[C@H](C3(C)C)[C@]2(C)O1. The summed E-state index contributed by atoms with van der Waals surface area (Å²) in [5.74, 6) is 1.16.